The summed E-state index contributed by atoms with van der Waals surface area (Å²) in [6.45, 7) is 0. The molecule has 2 rings (SSSR count). The number of hydrogen-bond donors (Lipinski definition) is 1. The minimum absolute atomic E-state index is 0.213. The van der Waals surface area contributed by atoms with Gasteiger partial charge >= 0.3 is 0 Å². The summed E-state index contributed by atoms with van der Waals surface area (Å²) in [4.78, 5) is 16.1. The second kappa shape index (κ2) is 6.04. The second-order valence-electron chi connectivity index (χ2n) is 3.82. The van der Waals surface area contributed by atoms with Crippen LogP contribution < -0.4 is 10.1 Å². The van der Waals surface area contributed by atoms with Crippen LogP contribution in [0, 0.1) is 11.3 Å². The molecular formula is C14H10ClN3O2. The molecule has 0 bridgehead atoms. The summed E-state index contributed by atoms with van der Waals surface area (Å²) in [7, 11) is 1.43. The molecule has 1 heterocycles. The molecule has 0 aliphatic heterocycles. The van der Waals surface area contributed by atoms with E-state index in [9.17, 15) is 4.79 Å². The number of nitriles is 1. The van der Waals surface area contributed by atoms with Gasteiger partial charge in [-0.3, -0.25) is 4.79 Å². The summed E-state index contributed by atoms with van der Waals surface area (Å²) in [5.41, 5.74) is 0.945. The molecule has 0 aliphatic rings. The smallest absolute Gasteiger partial charge is 0.261 e. The molecule has 0 atom stereocenters. The van der Waals surface area contributed by atoms with Crippen molar-refractivity contribution < 1.29 is 9.53 Å². The zero-order valence-corrected chi connectivity index (χ0v) is 11.3. The van der Waals surface area contributed by atoms with Gasteiger partial charge in [0, 0.05) is 11.2 Å². The van der Waals surface area contributed by atoms with Crippen molar-refractivity contribution in [1.82, 2.24) is 4.98 Å². The van der Waals surface area contributed by atoms with E-state index in [1.165, 1.54) is 19.4 Å². The van der Waals surface area contributed by atoms with Gasteiger partial charge in [0.2, 0.25) is 5.88 Å². The molecule has 0 spiro atoms. The number of rotatable bonds is 3. The SMILES string of the molecule is COc1ncccc1C(=O)Nc1cc(Cl)ccc1C#N. The van der Waals surface area contributed by atoms with Gasteiger partial charge in [0.15, 0.2) is 0 Å². The van der Waals surface area contributed by atoms with E-state index in [4.69, 9.17) is 21.6 Å². The van der Waals surface area contributed by atoms with Gasteiger partial charge in [-0.05, 0) is 30.3 Å². The van der Waals surface area contributed by atoms with E-state index >= 15 is 0 Å². The van der Waals surface area contributed by atoms with E-state index in [1.54, 1.807) is 24.3 Å². The Morgan fingerprint density at radius 1 is 1.45 bits per heavy atom. The minimum atomic E-state index is -0.422. The highest BCUT2D eigenvalue weighted by atomic mass is 35.5. The number of nitrogens with zero attached hydrogens (tertiary/aromatic N) is 2. The number of ether oxygens (including phenoxy) is 1. The lowest BCUT2D eigenvalue weighted by atomic mass is 10.2. The van der Waals surface area contributed by atoms with Crippen LogP contribution in [0.25, 0.3) is 0 Å². The van der Waals surface area contributed by atoms with Gasteiger partial charge < -0.3 is 10.1 Å². The van der Waals surface area contributed by atoms with Crippen molar-refractivity contribution in [2.75, 3.05) is 12.4 Å². The van der Waals surface area contributed by atoms with Gasteiger partial charge in [-0.2, -0.15) is 5.26 Å². The predicted molar refractivity (Wildman–Crippen MR) is 74.9 cm³/mol. The molecule has 20 heavy (non-hydrogen) atoms. The van der Waals surface area contributed by atoms with Gasteiger partial charge in [-0.1, -0.05) is 11.6 Å². The van der Waals surface area contributed by atoms with Crippen molar-refractivity contribution in [3.05, 3.63) is 52.7 Å². The minimum Gasteiger partial charge on any atom is -0.480 e. The van der Waals surface area contributed by atoms with Crippen LogP contribution in [0.3, 0.4) is 0 Å². The first-order valence-corrected chi connectivity index (χ1v) is 6.03. The molecule has 0 radical (unpaired) electrons. The van der Waals surface area contributed by atoms with Crippen LogP contribution in [0.1, 0.15) is 15.9 Å². The highest BCUT2D eigenvalue weighted by molar-refractivity contribution is 6.31. The molecule has 0 unspecified atom stereocenters. The first-order chi connectivity index (χ1) is 9.65. The molecule has 0 saturated carbocycles. The van der Waals surface area contributed by atoms with Crippen LogP contribution in [0.15, 0.2) is 36.5 Å². The quantitative estimate of drug-likeness (QED) is 0.942. The molecule has 2 aromatic rings. The highest BCUT2D eigenvalue weighted by Crippen LogP contribution is 2.22. The third-order valence-corrected chi connectivity index (χ3v) is 2.79. The highest BCUT2D eigenvalue weighted by Gasteiger charge is 2.14. The Morgan fingerprint density at radius 3 is 2.95 bits per heavy atom. The molecule has 5 nitrogen and oxygen atoms in total. The molecule has 0 aliphatic carbocycles. The predicted octanol–water partition coefficient (Wildman–Crippen LogP) is 2.87. The van der Waals surface area contributed by atoms with Crippen molar-refractivity contribution in [2.24, 2.45) is 0 Å². The summed E-state index contributed by atoms with van der Waals surface area (Å²) < 4.78 is 5.02. The van der Waals surface area contributed by atoms with Crippen LogP contribution in [-0.2, 0) is 0 Å². The number of hydrogen-bond acceptors (Lipinski definition) is 4. The third kappa shape index (κ3) is 2.87. The zero-order valence-electron chi connectivity index (χ0n) is 10.6. The average molecular weight is 288 g/mol. The van der Waals surface area contributed by atoms with E-state index in [0.717, 1.165) is 0 Å². The Hall–Kier alpha value is -2.58. The molecule has 100 valence electrons. The number of halogens is 1. The monoisotopic (exact) mass is 287 g/mol. The Labute approximate surface area is 120 Å². The summed E-state index contributed by atoms with van der Waals surface area (Å²) in [6.07, 6.45) is 1.52. The molecule has 6 heteroatoms. The van der Waals surface area contributed by atoms with Crippen LogP contribution in [0.2, 0.25) is 5.02 Å². The van der Waals surface area contributed by atoms with E-state index in [-0.39, 0.29) is 11.4 Å². The molecule has 1 amide bonds. The number of carbonyl (C=O) groups excluding carboxylic acids is 1. The maximum absolute atomic E-state index is 12.2. The first-order valence-electron chi connectivity index (χ1n) is 5.65. The lowest BCUT2D eigenvalue weighted by molar-refractivity contribution is 0.102. The number of anilines is 1. The topological polar surface area (TPSA) is 75.0 Å². The maximum atomic E-state index is 12.2. The molecule has 0 fully saturated rings. The Kier molecular flexibility index (Phi) is 4.18. The summed E-state index contributed by atoms with van der Waals surface area (Å²) in [5, 5.41) is 12.1. The Bertz CT molecular complexity index is 695. The lowest BCUT2D eigenvalue weighted by Gasteiger charge is -2.09. The molecule has 1 aromatic carbocycles. The van der Waals surface area contributed by atoms with Crippen molar-refractivity contribution in [3.63, 3.8) is 0 Å². The van der Waals surface area contributed by atoms with E-state index < -0.39 is 5.91 Å². The first kappa shape index (κ1) is 13.8. The van der Waals surface area contributed by atoms with Gasteiger partial charge in [-0.15, -0.1) is 0 Å². The summed E-state index contributed by atoms with van der Waals surface area (Å²) >= 11 is 5.86. The van der Waals surface area contributed by atoms with E-state index in [2.05, 4.69) is 10.3 Å². The molecule has 1 aromatic heterocycles. The van der Waals surface area contributed by atoms with Crippen molar-refractivity contribution in [1.29, 1.82) is 5.26 Å². The van der Waals surface area contributed by atoms with E-state index in [1.807, 2.05) is 6.07 Å². The summed E-state index contributed by atoms with van der Waals surface area (Å²) in [6, 6.07) is 9.83. The average Bonchev–Trinajstić information content (AvgIpc) is 2.47. The third-order valence-electron chi connectivity index (χ3n) is 2.56. The van der Waals surface area contributed by atoms with E-state index in [0.29, 0.717) is 16.3 Å². The molecular weight excluding hydrogens is 278 g/mol. The largest absolute Gasteiger partial charge is 0.480 e. The Balaban J connectivity index is 2.33. The van der Waals surface area contributed by atoms with Crippen molar-refractivity contribution in [3.8, 4) is 11.9 Å². The zero-order chi connectivity index (χ0) is 14.5. The summed E-state index contributed by atoms with van der Waals surface area (Å²) in [5.74, 6) is -0.209. The van der Waals surface area contributed by atoms with Gasteiger partial charge in [0.25, 0.3) is 5.91 Å². The number of benzene rings is 1. The van der Waals surface area contributed by atoms with Crippen LogP contribution in [0.4, 0.5) is 5.69 Å². The van der Waals surface area contributed by atoms with Crippen LogP contribution in [0.5, 0.6) is 5.88 Å². The lowest BCUT2D eigenvalue weighted by Crippen LogP contribution is -2.14. The second-order valence-corrected chi connectivity index (χ2v) is 4.25. The Morgan fingerprint density at radius 2 is 2.25 bits per heavy atom. The van der Waals surface area contributed by atoms with Crippen molar-refractivity contribution in [2.45, 2.75) is 0 Å². The number of aromatic nitrogens is 1. The molecule has 1 N–H and O–H groups in total. The fourth-order valence-corrected chi connectivity index (χ4v) is 1.81. The standard InChI is InChI=1S/C14H10ClN3O2/c1-20-14-11(3-2-6-17-14)13(19)18-12-7-10(15)5-4-9(12)8-16/h2-7H,1H3,(H,18,19). The fraction of sp³-hybridized carbons (Fsp3) is 0.0714. The van der Waals surface area contributed by atoms with Crippen LogP contribution in [-0.4, -0.2) is 18.0 Å². The van der Waals surface area contributed by atoms with Gasteiger partial charge in [0.05, 0.1) is 18.4 Å². The molecule has 0 saturated heterocycles. The van der Waals surface area contributed by atoms with Gasteiger partial charge in [0.1, 0.15) is 11.6 Å². The fourth-order valence-electron chi connectivity index (χ4n) is 1.63. The number of pyridine rings is 1. The maximum Gasteiger partial charge on any atom is 0.261 e. The van der Waals surface area contributed by atoms with Crippen LogP contribution >= 0.6 is 11.6 Å². The normalized spacial score (nSPS) is 9.65. The number of carbonyl (C=O) groups is 1. The number of nitrogens with one attached hydrogen (secondary N) is 1. The number of methoxy groups -OCH3 is 1. The van der Waals surface area contributed by atoms with Gasteiger partial charge in [-0.25, -0.2) is 4.98 Å². The number of amides is 1. The van der Waals surface area contributed by atoms with Crippen molar-refractivity contribution >= 4 is 23.2 Å².